The number of hydrogen-bond donors (Lipinski definition) is 1. The van der Waals surface area contributed by atoms with E-state index >= 15 is 0 Å². The number of benzene rings is 1. The van der Waals surface area contributed by atoms with Gasteiger partial charge in [0, 0.05) is 11.8 Å². The van der Waals surface area contributed by atoms with Crippen molar-refractivity contribution < 1.29 is 9.47 Å². The van der Waals surface area contributed by atoms with Gasteiger partial charge in [-0.25, -0.2) is 0 Å². The molecule has 1 heterocycles. The molecular weight excluding hydrogens is 216 g/mol. The Bertz CT molecular complexity index is 567. The van der Waals surface area contributed by atoms with Crippen LogP contribution in [0.15, 0.2) is 30.5 Å². The summed E-state index contributed by atoms with van der Waals surface area (Å²) in [4.78, 5) is 2.89. The number of nitrogens with one attached hydrogen (secondary N) is 1. The van der Waals surface area contributed by atoms with E-state index in [-0.39, 0.29) is 0 Å². The average Bonchev–Trinajstić information content (AvgIpc) is 2.86. The molecule has 0 unspecified atom stereocenters. The van der Waals surface area contributed by atoms with Gasteiger partial charge in [-0.3, -0.25) is 0 Å². The first-order valence-electron chi connectivity index (χ1n) is 5.09. The van der Waals surface area contributed by atoms with Gasteiger partial charge in [-0.05, 0) is 23.8 Å². The largest absolute Gasteiger partial charge is 0.493 e. The summed E-state index contributed by atoms with van der Waals surface area (Å²) >= 11 is 0. The summed E-state index contributed by atoms with van der Waals surface area (Å²) in [5.41, 5.74) is 2.46. The monoisotopic (exact) mass is 228 g/mol. The van der Waals surface area contributed by atoms with E-state index in [1.165, 1.54) is 0 Å². The summed E-state index contributed by atoms with van der Waals surface area (Å²) in [5, 5.41) is 8.75. The van der Waals surface area contributed by atoms with Crippen LogP contribution in [0.25, 0.3) is 11.1 Å². The van der Waals surface area contributed by atoms with E-state index < -0.39 is 0 Å². The van der Waals surface area contributed by atoms with E-state index in [1.54, 1.807) is 26.5 Å². The van der Waals surface area contributed by atoms with Crippen molar-refractivity contribution in [2.45, 2.75) is 0 Å². The second-order valence-corrected chi connectivity index (χ2v) is 3.48. The minimum atomic E-state index is 0.537. The highest BCUT2D eigenvalue weighted by Crippen LogP contribution is 2.32. The van der Waals surface area contributed by atoms with Crippen LogP contribution in [0.4, 0.5) is 0 Å². The Balaban J connectivity index is 2.43. The number of H-pyrrole nitrogens is 1. The zero-order chi connectivity index (χ0) is 12.3. The summed E-state index contributed by atoms with van der Waals surface area (Å²) in [6.45, 7) is 0. The molecule has 0 saturated carbocycles. The molecule has 4 heteroatoms. The number of nitriles is 1. The van der Waals surface area contributed by atoms with Crippen molar-refractivity contribution in [1.29, 1.82) is 5.26 Å². The van der Waals surface area contributed by atoms with Crippen molar-refractivity contribution in [3.8, 4) is 28.7 Å². The van der Waals surface area contributed by atoms with E-state index in [0.717, 1.165) is 11.1 Å². The van der Waals surface area contributed by atoms with Gasteiger partial charge < -0.3 is 14.5 Å². The molecule has 0 saturated heterocycles. The van der Waals surface area contributed by atoms with Crippen molar-refractivity contribution >= 4 is 0 Å². The molecule has 1 aromatic heterocycles. The zero-order valence-electron chi connectivity index (χ0n) is 9.65. The van der Waals surface area contributed by atoms with Crippen LogP contribution in [0.1, 0.15) is 5.69 Å². The third-order valence-electron chi connectivity index (χ3n) is 2.52. The smallest absolute Gasteiger partial charge is 0.161 e. The molecule has 0 fully saturated rings. The average molecular weight is 228 g/mol. The lowest BCUT2D eigenvalue weighted by Crippen LogP contribution is -1.90. The topological polar surface area (TPSA) is 58.0 Å². The maximum atomic E-state index is 8.75. The standard InChI is InChI=1S/C13H12N2O2/c1-16-12-4-3-9(6-13(12)17-2)10-5-11(7-14)15-8-10/h3-6,8,15H,1-2H3. The van der Waals surface area contributed by atoms with Crippen molar-refractivity contribution in [2.75, 3.05) is 14.2 Å². The molecular formula is C13H12N2O2. The van der Waals surface area contributed by atoms with E-state index in [1.807, 2.05) is 18.2 Å². The van der Waals surface area contributed by atoms with Crippen LogP contribution in [0.2, 0.25) is 0 Å². The molecule has 0 aliphatic rings. The Hall–Kier alpha value is -2.41. The van der Waals surface area contributed by atoms with Crippen LogP contribution < -0.4 is 9.47 Å². The number of methoxy groups -OCH3 is 2. The van der Waals surface area contributed by atoms with E-state index in [9.17, 15) is 0 Å². The van der Waals surface area contributed by atoms with Crippen LogP contribution in [0, 0.1) is 11.3 Å². The van der Waals surface area contributed by atoms with Crippen molar-refractivity contribution in [1.82, 2.24) is 4.98 Å². The first-order chi connectivity index (χ1) is 8.28. The van der Waals surface area contributed by atoms with Gasteiger partial charge in [0.15, 0.2) is 11.5 Å². The van der Waals surface area contributed by atoms with Crippen molar-refractivity contribution in [3.05, 3.63) is 36.2 Å². The molecule has 17 heavy (non-hydrogen) atoms. The second kappa shape index (κ2) is 4.62. The third kappa shape index (κ3) is 2.08. The molecule has 86 valence electrons. The molecule has 0 aliphatic heterocycles. The lowest BCUT2D eigenvalue weighted by atomic mass is 10.1. The molecule has 1 N–H and O–H groups in total. The highest BCUT2D eigenvalue weighted by Gasteiger charge is 2.07. The van der Waals surface area contributed by atoms with E-state index in [4.69, 9.17) is 14.7 Å². The number of ether oxygens (including phenoxy) is 2. The first-order valence-corrected chi connectivity index (χ1v) is 5.09. The predicted molar refractivity (Wildman–Crippen MR) is 64.0 cm³/mol. The van der Waals surface area contributed by atoms with Crippen LogP contribution in [0.5, 0.6) is 11.5 Å². The second-order valence-electron chi connectivity index (χ2n) is 3.48. The summed E-state index contributed by atoms with van der Waals surface area (Å²) < 4.78 is 10.4. The van der Waals surface area contributed by atoms with E-state index in [2.05, 4.69) is 11.1 Å². The molecule has 2 rings (SSSR count). The summed E-state index contributed by atoms with van der Waals surface area (Å²) in [5.74, 6) is 1.36. The van der Waals surface area contributed by atoms with Crippen molar-refractivity contribution in [3.63, 3.8) is 0 Å². The van der Waals surface area contributed by atoms with Gasteiger partial charge in [-0.2, -0.15) is 5.26 Å². The van der Waals surface area contributed by atoms with Crippen LogP contribution >= 0.6 is 0 Å². The van der Waals surface area contributed by atoms with Crippen LogP contribution in [-0.2, 0) is 0 Å². The van der Waals surface area contributed by atoms with Gasteiger partial charge in [0.05, 0.1) is 14.2 Å². The van der Waals surface area contributed by atoms with Gasteiger partial charge in [-0.1, -0.05) is 6.07 Å². The summed E-state index contributed by atoms with van der Waals surface area (Å²) in [7, 11) is 3.20. The molecule has 0 aliphatic carbocycles. The normalized spacial score (nSPS) is 9.71. The number of hydrogen-bond acceptors (Lipinski definition) is 3. The lowest BCUT2D eigenvalue weighted by molar-refractivity contribution is 0.355. The fourth-order valence-electron chi connectivity index (χ4n) is 1.64. The van der Waals surface area contributed by atoms with Crippen LogP contribution in [0.3, 0.4) is 0 Å². The van der Waals surface area contributed by atoms with Gasteiger partial charge in [-0.15, -0.1) is 0 Å². The lowest BCUT2D eigenvalue weighted by Gasteiger charge is -2.08. The summed E-state index contributed by atoms with van der Waals surface area (Å²) in [6.07, 6.45) is 1.79. The van der Waals surface area contributed by atoms with E-state index in [0.29, 0.717) is 17.2 Å². The minimum Gasteiger partial charge on any atom is -0.493 e. The predicted octanol–water partition coefficient (Wildman–Crippen LogP) is 2.57. The first kappa shape index (κ1) is 11.1. The Morgan fingerprint density at radius 2 is 1.82 bits per heavy atom. The highest BCUT2D eigenvalue weighted by molar-refractivity contribution is 5.68. The molecule has 0 bridgehead atoms. The zero-order valence-corrected chi connectivity index (χ0v) is 9.65. The SMILES string of the molecule is COc1ccc(-c2c[nH]c(C#N)c2)cc1OC. The molecule has 1 aromatic carbocycles. The number of aromatic nitrogens is 1. The number of aromatic amines is 1. The fourth-order valence-corrected chi connectivity index (χ4v) is 1.64. The van der Waals surface area contributed by atoms with Crippen molar-refractivity contribution in [2.24, 2.45) is 0 Å². The Kier molecular flexibility index (Phi) is 3.01. The van der Waals surface area contributed by atoms with Gasteiger partial charge in [0.25, 0.3) is 0 Å². The van der Waals surface area contributed by atoms with Gasteiger partial charge >= 0.3 is 0 Å². The molecule has 0 spiro atoms. The molecule has 2 aromatic rings. The Morgan fingerprint density at radius 1 is 1.06 bits per heavy atom. The quantitative estimate of drug-likeness (QED) is 0.878. The maximum absolute atomic E-state index is 8.75. The Labute approximate surface area is 99.4 Å². The summed E-state index contributed by atoms with van der Waals surface area (Å²) in [6, 6.07) is 9.49. The Morgan fingerprint density at radius 3 is 2.41 bits per heavy atom. The maximum Gasteiger partial charge on any atom is 0.161 e. The fraction of sp³-hybridized carbons (Fsp3) is 0.154. The highest BCUT2D eigenvalue weighted by atomic mass is 16.5. The van der Waals surface area contributed by atoms with Gasteiger partial charge in [0.2, 0.25) is 0 Å². The molecule has 4 nitrogen and oxygen atoms in total. The van der Waals surface area contributed by atoms with Gasteiger partial charge in [0.1, 0.15) is 11.8 Å². The third-order valence-corrected chi connectivity index (χ3v) is 2.52. The number of nitrogens with zero attached hydrogens (tertiary/aromatic N) is 1. The molecule has 0 radical (unpaired) electrons. The minimum absolute atomic E-state index is 0.537. The van der Waals surface area contributed by atoms with Crippen LogP contribution in [-0.4, -0.2) is 19.2 Å². The molecule has 0 atom stereocenters. The molecule has 0 amide bonds. The number of rotatable bonds is 3.